The molecule has 0 bridgehead atoms. The Morgan fingerprint density at radius 1 is 1.33 bits per heavy atom. The number of nitrogen functional groups attached to an aromatic ring is 1. The van der Waals surface area contributed by atoms with Gasteiger partial charge < -0.3 is 9.80 Å². The summed E-state index contributed by atoms with van der Waals surface area (Å²) in [7, 11) is 0. The van der Waals surface area contributed by atoms with Gasteiger partial charge in [0.1, 0.15) is 6.54 Å². The summed E-state index contributed by atoms with van der Waals surface area (Å²) in [5, 5.41) is 1.76. The molecule has 114 valence electrons. The molecule has 7 nitrogen and oxygen atoms in total. The molecule has 1 fully saturated rings. The minimum absolute atomic E-state index is 0.0539. The van der Waals surface area contributed by atoms with Crippen LogP contribution in [0.3, 0.4) is 0 Å². The normalized spacial score (nSPS) is 15.5. The smallest absolute Gasteiger partial charge is 0.275 e. The van der Waals surface area contributed by atoms with Gasteiger partial charge in [0.15, 0.2) is 0 Å². The van der Waals surface area contributed by atoms with Crippen molar-refractivity contribution in [3.8, 4) is 0 Å². The molecule has 0 spiro atoms. The largest absolute Gasteiger partial charge is 0.332 e. The SMILES string of the molecule is CCCN1CC(=O)N(Cc2ccsc2C(=O)NN)CC1=O. The number of thiophene rings is 1. The first-order valence-electron chi connectivity index (χ1n) is 6.69. The van der Waals surface area contributed by atoms with Gasteiger partial charge in [-0.1, -0.05) is 6.92 Å². The molecule has 0 atom stereocenters. The van der Waals surface area contributed by atoms with Gasteiger partial charge in [0.2, 0.25) is 11.8 Å². The fourth-order valence-corrected chi connectivity index (χ4v) is 3.07. The van der Waals surface area contributed by atoms with Crippen molar-refractivity contribution in [2.24, 2.45) is 5.84 Å². The lowest BCUT2D eigenvalue weighted by atomic mass is 10.2. The van der Waals surface area contributed by atoms with Crippen LogP contribution in [0, 0.1) is 0 Å². The van der Waals surface area contributed by atoms with Gasteiger partial charge in [0.25, 0.3) is 5.91 Å². The van der Waals surface area contributed by atoms with Gasteiger partial charge in [-0.15, -0.1) is 11.3 Å². The molecular weight excluding hydrogens is 292 g/mol. The minimum Gasteiger partial charge on any atom is -0.332 e. The second kappa shape index (κ2) is 6.68. The van der Waals surface area contributed by atoms with E-state index in [1.54, 1.807) is 16.3 Å². The molecule has 1 aliphatic heterocycles. The van der Waals surface area contributed by atoms with E-state index in [0.29, 0.717) is 17.0 Å². The van der Waals surface area contributed by atoms with Gasteiger partial charge >= 0.3 is 0 Å². The van der Waals surface area contributed by atoms with Crippen molar-refractivity contribution in [1.29, 1.82) is 0 Å². The summed E-state index contributed by atoms with van der Waals surface area (Å²) in [6.45, 7) is 2.97. The van der Waals surface area contributed by atoms with Crippen LogP contribution in [0.5, 0.6) is 0 Å². The van der Waals surface area contributed by atoms with Gasteiger partial charge in [-0.2, -0.15) is 0 Å². The van der Waals surface area contributed by atoms with Gasteiger partial charge in [0, 0.05) is 13.1 Å². The number of hydrazine groups is 1. The molecule has 1 aromatic heterocycles. The molecule has 8 heteroatoms. The van der Waals surface area contributed by atoms with E-state index in [2.05, 4.69) is 5.43 Å². The van der Waals surface area contributed by atoms with Crippen LogP contribution >= 0.6 is 11.3 Å². The van der Waals surface area contributed by atoms with Crippen molar-refractivity contribution in [2.75, 3.05) is 19.6 Å². The van der Waals surface area contributed by atoms with Crippen molar-refractivity contribution in [3.05, 3.63) is 21.9 Å². The fraction of sp³-hybridized carbons (Fsp3) is 0.462. The minimum atomic E-state index is -0.386. The quantitative estimate of drug-likeness (QED) is 0.452. The maximum absolute atomic E-state index is 12.1. The van der Waals surface area contributed by atoms with Gasteiger partial charge in [0.05, 0.1) is 11.4 Å². The highest BCUT2D eigenvalue weighted by Crippen LogP contribution is 2.20. The first-order chi connectivity index (χ1) is 10.1. The van der Waals surface area contributed by atoms with Crippen molar-refractivity contribution in [1.82, 2.24) is 15.2 Å². The van der Waals surface area contributed by atoms with E-state index in [0.717, 1.165) is 6.42 Å². The number of nitrogens with one attached hydrogen (secondary N) is 1. The molecule has 0 unspecified atom stereocenters. The number of carbonyl (C=O) groups is 3. The Morgan fingerprint density at radius 2 is 2.00 bits per heavy atom. The lowest BCUT2D eigenvalue weighted by molar-refractivity contribution is -0.150. The summed E-state index contributed by atoms with van der Waals surface area (Å²) in [5.74, 6) is 4.58. The predicted molar refractivity (Wildman–Crippen MR) is 78.3 cm³/mol. The Kier molecular flexibility index (Phi) is 4.92. The average molecular weight is 310 g/mol. The first kappa shape index (κ1) is 15.5. The standard InChI is InChI=1S/C13H18N4O3S/c1-2-4-16-7-11(19)17(8-10(16)18)6-9-3-5-21-12(9)13(20)15-14/h3,5H,2,4,6-8,14H2,1H3,(H,15,20). The van der Waals surface area contributed by atoms with Gasteiger partial charge in [-0.05, 0) is 23.4 Å². The zero-order valence-corrected chi connectivity index (χ0v) is 12.6. The van der Waals surface area contributed by atoms with E-state index in [4.69, 9.17) is 5.84 Å². The fourth-order valence-electron chi connectivity index (χ4n) is 2.25. The summed E-state index contributed by atoms with van der Waals surface area (Å²) in [4.78, 5) is 39.2. The molecule has 2 rings (SSSR count). The van der Waals surface area contributed by atoms with Crippen molar-refractivity contribution < 1.29 is 14.4 Å². The number of carbonyl (C=O) groups excluding carboxylic acids is 3. The third-order valence-corrected chi connectivity index (χ3v) is 4.25. The van der Waals surface area contributed by atoms with Crippen LogP contribution in [0.1, 0.15) is 28.6 Å². The van der Waals surface area contributed by atoms with Gasteiger partial charge in [-0.25, -0.2) is 5.84 Å². The first-order valence-corrected chi connectivity index (χ1v) is 7.57. The van der Waals surface area contributed by atoms with E-state index in [1.807, 2.05) is 6.92 Å². The second-order valence-corrected chi connectivity index (χ2v) is 5.73. The Morgan fingerprint density at radius 3 is 2.67 bits per heavy atom. The summed E-state index contributed by atoms with van der Waals surface area (Å²) in [6.07, 6.45) is 0.824. The number of piperazine rings is 1. The van der Waals surface area contributed by atoms with E-state index in [9.17, 15) is 14.4 Å². The molecule has 2 heterocycles. The van der Waals surface area contributed by atoms with Crippen LogP contribution in [0.25, 0.3) is 0 Å². The molecular formula is C13H18N4O3S. The molecule has 0 saturated carbocycles. The van der Waals surface area contributed by atoms with Crippen LogP contribution in [0.15, 0.2) is 11.4 Å². The van der Waals surface area contributed by atoms with Crippen molar-refractivity contribution >= 4 is 29.1 Å². The summed E-state index contributed by atoms with van der Waals surface area (Å²) >= 11 is 1.26. The topological polar surface area (TPSA) is 95.7 Å². The highest BCUT2D eigenvalue weighted by molar-refractivity contribution is 7.12. The molecule has 21 heavy (non-hydrogen) atoms. The number of hydrogen-bond donors (Lipinski definition) is 2. The number of nitrogens with zero attached hydrogens (tertiary/aromatic N) is 2. The van der Waals surface area contributed by atoms with Crippen LogP contribution in [-0.4, -0.2) is 47.2 Å². The van der Waals surface area contributed by atoms with Crippen molar-refractivity contribution in [3.63, 3.8) is 0 Å². The van der Waals surface area contributed by atoms with E-state index in [1.165, 1.54) is 16.2 Å². The Hall–Kier alpha value is -1.93. The zero-order valence-electron chi connectivity index (χ0n) is 11.8. The third kappa shape index (κ3) is 3.40. The second-order valence-electron chi connectivity index (χ2n) is 4.81. The van der Waals surface area contributed by atoms with E-state index in [-0.39, 0.29) is 37.4 Å². The predicted octanol–water partition coefficient (Wildman–Crippen LogP) is -0.0676. The number of nitrogens with two attached hydrogens (primary N) is 1. The molecule has 1 aromatic rings. The molecule has 3 N–H and O–H groups in total. The maximum Gasteiger partial charge on any atom is 0.275 e. The zero-order chi connectivity index (χ0) is 15.4. The third-order valence-electron chi connectivity index (χ3n) is 3.30. The van der Waals surface area contributed by atoms with Crippen LogP contribution < -0.4 is 11.3 Å². The lowest BCUT2D eigenvalue weighted by Crippen LogP contribution is -2.53. The summed E-state index contributed by atoms with van der Waals surface area (Å²) < 4.78 is 0. The summed E-state index contributed by atoms with van der Waals surface area (Å²) in [5.41, 5.74) is 2.78. The van der Waals surface area contributed by atoms with Crippen LogP contribution in [-0.2, 0) is 16.1 Å². The molecule has 1 aliphatic rings. The summed E-state index contributed by atoms with van der Waals surface area (Å²) in [6, 6.07) is 1.77. The van der Waals surface area contributed by atoms with Gasteiger partial charge in [-0.3, -0.25) is 19.8 Å². The Labute approximate surface area is 126 Å². The number of hydrogen-bond acceptors (Lipinski definition) is 5. The molecule has 3 amide bonds. The molecule has 0 aromatic carbocycles. The number of amides is 3. The molecule has 0 aliphatic carbocycles. The lowest BCUT2D eigenvalue weighted by Gasteiger charge is -2.33. The average Bonchev–Trinajstić information content (AvgIpc) is 2.92. The Bertz CT molecular complexity index is 557. The van der Waals surface area contributed by atoms with Crippen molar-refractivity contribution in [2.45, 2.75) is 19.9 Å². The van der Waals surface area contributed by atoms with Crippen LogP contribution in [0.2, 0.25) is 0 Å². The monoisotopic (exact) mass is 310 g/mol. The highest BCUT2D eigenvalue weighted by atomic mass is 32.1. The van der Waals surface area contributed by atoms with E-state index >= 15 is 0 Å². The molecule has 0 radical (unpaired) electrons. The maximum atomic E-state index is 12.1. The molecule has 1 saturated heterocycles. The van der Waals surface area contributed by atoms with Crippen LogP contribution in [0.4, 0.5) is 0 Å². The van der Waals surface area contributed by atoms with E-state index < -0.39 is 0 Å². The highest BCUT2D eigenvalue weighted by Gasteiger charge is 2.30. The Balaban J connectivity index is 2.07. The number of rotatable bonds is 5.